The van der Waals surface area contributed by atoms with Crippen LogP contribution < -0.4 is 29.6 Å². The highest BCUT2D eigenvalue weighted by Gasteiger charge is 2.33. The number of hydrogen-bond donors (Lipinski definition) is 2. The molecule has 0 radical (unpaired) electrons. The van der Waals surface area contributed by atoms with Crippen LogP contribution in [0.25, 0.3) is 0 Å². The van der Waals surface area contributed by atoms with E-state index in [1.807, 2.05) is 27.7 Å². The Labute approximate surface area is 357 Å². The van der Waals surface area contributed by atoms with E-state index < -0.39 is 36.0 Å². The third kappa shape index (κ3) is 11.9. The number of nitrogens with one attached hydrogen (secondary N) is 2. The van der Waals surface area contributed by atoms with Gasteiger partial charge in [0.2, 0.25) is 0 Å². The zero-order valence-electron chi connectivity index (χ0n) is 33.4. The summed E-state index contributed by atoms with van der Waals surface area (Å²) in [6, 6.07) is 18.7. The number of pyridine rings is 4. The third-order valence-electron chi connectivity index (χ3n) is 8.57. The topological polar surface area (TPSA) is 198 Å². The molecular formula is C45H41ClN6O9. The van der Waals surface area contributed by atoms with Crippen LogP contribution in [-0.2, 0) is 4.79 Å². The summed E-state index contributed by atoms with van der Waals surface area (Å²) in [6.07, 6.45) is 11.4. The first-order valence-electron chi connectivity index (χ1n) is 18.8. The molecule has 0 saturated carbocycles. The van der Waals surface area contributed by atoms with E-state index in [2.05, 4.69) is 30.6 Å². The SMILES string of the molecule is CC(C)NC(C(=O)C(NC(C)C)c1ccc(OC(=O)c2cccnc2)c(OC(=O)c2cccnc2)c1)c1ccc(OC(=O)c2cccnc2)c(OC(=O)c2cccnc2)c1.Cl. The lowest BCUT2D eigenvalue weighted by molar-refractivity contribution is -0.123. The van der Waals surface area contributed by atoms with Gasteiger partial charge >= 0.3 is 23.9 Å². The molecule has 6 aromatic rings. The molecule has 0 aliphatic heterocycles. The summed E-state index contributed by atoms with van der Waals surface area (Å²) >= 11 is 0. The third-order valence-corrected chi connectivity index (χ3v) is 8.57. The van der Waals surface area contributed by atoms with Crippen molar-refractivity contribution in [1.82, 2.24) is 30.6 Å². The second-order valence-corrected chi connectivity index (χ2v) is 13.8. The van der Waals surface area contributed by atoms with Crippen LogP contribution in [0.5, 0.6) is 23.0 Å². The molecule has 0 saturated heterocycles. The van der Waals surface area contributed by atoms with Gasteiger partial charge in [0.05, 0.1) is 34.3 Å². The van der Waals surface area contributed by atoms with Crippen LogP contribution in [0.15, 0.2) is 135 Å². The number of nitrogens with zero attached hydrogens (tertiary/aromatic N) is 4. The molecule has 16 heteroatoms. The number of aromatic nitrogens is 4. The maximum atomic E-state index is 15.0. The minimum absolute atomic E-state index is 0. The Morgan fingerprint density at radius 2 is 0.738 bits per heavy atom. The monoisotopic (exact) mass is 844 g/mol. The summed E-state index contributed by atoms with van der Waals surface area (Å²) in [6.45, 7) is 7.44. The van der Waals surface area contributed by atoms with Crippen molar-refractivity contribution in [2.45, 2.75) is 51.9 Å². The molecule has 2 unspecified atom stereocenters. The zero-order chi connectivity index (χ0) is 42.6. The molecule has 6 rings (SSSR count). The van der Waals surface area contributed by atoms with E-state index in [0.29, 0.717) is 11.1 Å². The average molecular weight is 845 g/mol. The highest BCUT2D eigenvalue weighted by molar-refractivity contribution is 5.95. The summed E-state index contributed by atoms with van der Waals surface area (Å²) in [5.74, 6) is -3.91. The molecule has 2 N–H and O–H groups in total. The Morgan fingerprint density at radius 1 is 0.443 bits per heavy atom. The van der Waals surface area contributed by atoms with Gasteiger partial charge in [0, 0.05) is 61.7 Å². The van der Waals surface area contributed by atoms with Crippen molar-refractivity contribution in [3.05, 3.63) is 168 Å². The standard InChI is InChI=1S/C45H40N6O9.ClH/c1-27(2)50-39(29-13-15-35(57-42(53)31-9-5-17-46-23-31)37(21-29)59-44(55)33-11-7-19-48-25-33)41(52)40(51-28(3)4)30-14-16-36(58-43(54)32-10-6-18-47-24-32)38(22-30)60-45(56)34-12-8-20-49-26-34;/h5-28,39-40,50-51H,1-4H3;1H. The lowest BCUT2D eigenvalue weighted by Crippen LogP contribution is -2.42. The van der Waals surface area contributed by atoms with Gasteiger partial charge in [-0.25, -0.2) is 19.2 Å². The number of carbonyl (C=O) groups is 5. The minimum Gasteiger partial charge on any atom is -0.419 e. The van der Waals surface area contributed by atoms with Gasteiger partial charge in [0.1, 0.15) is 0 Å². The lowest BCUT2D eigenvalue weighted by Gasteiger charge is -2.28. The van der Waals surface area contributed by atoms with Gasteiger partial charge in [-0.05, 0) is 112 Å². The average Bonchev–Trinajstić information content (AvgIpc) is 3.26. The van der Waals surface area contributed by atoms with Gasteiger partial charge < -0.3 is 29.6 Å². The van der Waals surface area contributed by atoms with Crippen molar-refractivity contribution in [3.8, 4) is 23.0 Å². The maximum Gasteiger partial charge on any atom is 0.345 e. The van der Waals surface area contributed by atoms with Crippen molar-refractivity contribution in [2.75, 3.05) is 0 Å². The quantitative estimate of drug-likeness (QED) is 0.0752. The molecule has 15 nitrogen and oxygen atoms in total. The summed E-state index contributed by atoms with van der Waals surface area (Å²) in [5, 5.41) is 6.64. The summed E-state index contributed by atoms with van der Waals surface area (Å²) in [4.78, 5) is 83.8. The number of carbonyl (C=O) groups excluding carboxylic acids is 5. The Morgan fingerprint density at radius 3 is 1.00 bits per heavy atom. The van der Waals surface area contributed by atoms with E-state index in [0.717, 1.165) is 0 Å². The Balaban J connectivity index is 0.00000704. The van der Waals surface area contributed by atoms with Crippen LogP contribution in [0.3, 0.4) is 0 Å². The maximum absolute atomic E-state index is 15.0. The van der Waals surface area contributed by atoms with Crippen LogP contribution in [0.1, 0.15) is 92.3 Å². The van der Waals surface area contributed by atoms with Gasteiger partial charge in [-0.3, -0.25) is 24.7 Å². The molecular weight excluding hydrogens is 804 g/mol. The first-order valence-corrected chi connectivity index (χ1v) is 18.8. The Hall–Kier alpha value is -7.20. The van der Waals surface area contributed by atoms with Crippen molar-refractivity contribution in [2.24, 2.45) is 0 Å². The van der Waals surface area contributed by atoms with E-state index in [-0.39, 0.29) is 75.5 Å². The van der Waals surface area contributed by atoms with Crippen LogP contribution >= 0.6 is 12.4 Å². The van der Waals surface area contributed by atoms with Crippen LogP contribution in [0, 0.1) is 0 Å². The normalized spacial score (nSPS) is 11.8. The van der Waals surface area contributed by atoms with Crippen molar-refractivity contribution in [1.29, 1.82) is 0 Å². The molecule has 2 atom stereocenters. The van der Waals surface area contributed by atoms with Crippen LogP contribution in [-0.4, -0.2) is 61.7 Å². The first kappa shape index (κ1) is 44.9. The highest BCUT2D eigenvalue weighted by Crippen LogP contribution is 2.37. The first-order chi connectivity index (χ1) is 29.0. The van der Waals surface area contributed by atoms with Crippen molar-refractivity contribution >= 4 is 42.1 Å². The predicted octanol–water partition coefficient (Wildman–Crippen LogP) is 6.91. The van der Waals surface area contributed by atoms with E-state index in [4.69, 9.17) is 18.9 Å². The summed E-state index contributed by atoms with van der Waals surface area (Å²) < 4.78 is 23.0. The minimum atomic E-state index is -1.05. The van der Waals surface area contributed by atoms with E-state index in [9.17, 15) is 24.0 Å². The summed E-state index contributed by atoms with van der Waals surface area (Å²) in [5.41, 5.74) is 1.32. The number of halogens is 1. The van der Waals surface area contributed by atoms with E-state index in [1.165, 1.54) is 98.1 Å². The molecule has 61 heavy (non-hydrogen) atoms. The number of rotatable bonds is 16. The van der Waals surface area contributed by atoms with Crippen molar-refractivity contribution < 1.29 is 42.9 Å². The number of Topliss-reactive ketones (excluding diaryl/α,β-unsaturated/α-hetero) is 1. The largest absolute Gasteiger partial charge is 0.419 e. The van der Waals surface area contributed by atoms with Crippen LogP contribution in [0.2, 0.25) is 0 Å². The fourth-order valence-electron chi connectivity index (χ4n) is 5.82. The number of hydrogen-bond acceptors (Lipinski definition) is 15. The molecule has 2 aromatic carbocycles. The highest BCUT2D eigenvalue weighted by atomic mass is 35.5. The molecule has 0 spiro atoms. The van der Waals surface area contributed by atoms with Gasteiger partial charge in [0.25, 0.3) is 0 Å². The van der Waals surface area contributed by atoms with Crippen molar-refractivity contribution in [3.63, 3.8) is 0 Å². The predicted molar refractivity (Wildman–Crippen MR) is 224 cm³/mol. The number of benzene rings is 2. The Kier molecular flexibility index (Phi) is 15.6. The fourth-order valence-corrected chi connectivity index (χ4v) is 5.82. The molecule has 0 amide bonds. The lowest BCUT2D eigenvalue weighted by atomic mass is 9.91. The zero-order valence-corrected chi connectivity index (χ0v) is 34.2. The molecule has 4 aromatic heterocycles. The second kappa shape index (κ2) is 21.2. The number of esters is 4. The summed E-state index contributed by atoms with van der Waals surface area (Å²) in [7, 11) is 0. The van der Waals surface area contributed by atoms with Gasteiger partial charge in [-0.15, -0.1) is 12.4 Å². The van der Waals surface area contributed by atoms with Gasteiger partial charge in [-0.2, -0.15) is 0 Å². The van der Waals surface area contributed by atoms with Crippen LogP contribution in [0.4, 0.5) is 0 Å². The molecule has 0 fully saturated rings. The molecule has 4 heterocycles. The van der Waals surface area contributed by atoms with Gasteiger partial charge in [-0.1, -0.05) is 12.1 Å². The smallest absolute Gasteiger partial charge is 0.345 e. The van der Waals surface area contributed by atoms with Gasteiger partial charge in [0.15, 0.2) is 28.8 Å². The second-order valence-electron chi connectivity index (χ2n) is 13.8. The molecule has 0 aliphatic rings. The number of ketones is 1. The Bertz CT molecular complexity index is 2290. The van der Waals surface area contributed by atoms with E-state index >= 15 is 0 Å². The molecule has 0 aliphatic carbocycles. The molecule has 0 bridgehead atoms. The fraction of sp³-hybridized carbons (Fsp3) is 0.178. The van der Waals surface area contributed by atoms with E-state index in [1.54, 1.807) is 36.4 Å². The molecule has 312 valence electrons. The number of ether oxygens (including phenoxy) is 4.